The van der Waals surface area contributed by atoms with Crippen molar-refractivity contribution in [2.24, 2.45) is 5.92 Å². The number of allylic oxidation sites excluding steroid dienone is 1. The fourth-order valence-corrected chi connectivity index (χ4v) is 9.76. The van der Waals surface area contributed by atoms with Gasteiger partial charge in [-0.05, 0) is 51.4 Å². The summed E-state index contributed by atoms with van der Waals surface area (Å²) in [5.41, 5.74) is 0. The molecule has 2 unspecified atom stereocenters. The van der Waals surface area contributed by atoms with Crippen LogP contribution in [0.15, 0.2) is 11.8 Å². The number of hydrogen-bond acceptors (Lipinski definition) is 16. The molecule has 9 saturated heterocycles. The first-order chi connectivity index (χ1) is 27.4. The molecule has 322 valence electrons. The van der Waals surface area contributed by atoms with Crippen molar-refractivity contribution in [1.29, 1.82) is 0 Å². The van der Waals surface area contributed by atoms with Gasteiger partial charge in [-0.25, -0.2) is 0 Å². The maximum Gasteiger partial charge on any atom is 0.373 e. The zero-order valence-electron chi connectivity index (χ0n) is 33.8. The molecule has 17 atom stereocenters. The quantitative estimate of drug-likeness (QED) is 0.202. The monoisotopic (exact) mass is 810 g/mol. The molecule has 9 rings (SSSR count). The number of carbonyl (C=O) groups is 1. The summed E-state index contributed by atoms with van der Waals surface area (Å²) in [5, 5.41) is 32.6. The van der Waals surface area contributed by atoms with E-state index in [0.29, 0.717) is 18.6 Å². The van der Waals surface area contributed by atoms with Crippen LogP contribution >= 0.6 is 0 Å². The number of ketones is 1. The summed E-state index contributed by atoms with van der Waals surface area (Å²) < 4.78 is 49.4. The van der Waals surface area contributed by atoms with Crippen LogP contribution in [0.3, 0.4) is 0 Å². The van der Waals surface area contributed by atoms with Crippen molar-refractivity contribution in [2.75, 3.05) is 0 Å². The molecule has 9 aliphatic rings. The molecule has 57 heavy (non-hydrogen) atoms. The summed E-state index contributed by atoms with van der Waals surface area (Å²) in [4.78, 5) is 44.6. The van der Waals surface area contributed by atoms with Gasteiger partial charge in [0.05, 0.1) is 30.5 Å². The van der Waals surface area contributed by atoms with E-state index in [-0.39, 0.29) is 66.7 Å². The number of fused-ring (bicyclic) bond motifs is 3. The van der Waals surface area contributed by atoms with Gasteiger partial charge in [0.2, 0.25) is 11.6 Å². The lowest BCUT2D eigenvalue weighted by Gasteiger charge is -2.47. The van der Waals surface area contributed by atoms with Crippen molar-refractivity contribution in [1.82, 2.24) is 0 Å². The molecular weight excluding hydrogens is 748 g/mol. The lowest BCUT2D eigenvalue weighted by molar-refractivity contribution is -0.305. The lowest BCUT2D eigenvalue weighted by atomic mass is 9.83. The van der Waals surface area contributed by atoms with Crippen LogP contribution in [0, 0.1) is 5.92 Å². The summed E-state index contributed by atoms with van der Waals surface area (Å²) in [6.45, 7) is 10.6. The molecule has 0 radical (unpaired) electrons. The van der Waals surface area contributed by atoms with Crippen molar-refractivity contribution < 1.29 is 77.2 Å². The molecule has 0 aliphatic carbocycles. The first kappa shape index (κ1) is 45.7. The SMILES string of the molecule is CCCCCC(=O)/C=C1\O[C@@H]2C(O[C@H]3CC[C@H](CC)O[C@@H]3[C@@H]2C)[C@H]1O.CCCCC[C@]12O[C@H]3[C@H]4O[C@@H](CC)CC[C@@H]4OC4[C@H]3O[C@@](O)([C@@H]1O)[C@H]4O2.O=C=O.O=C=O. The molecule has 0 aromatic carbocycles. The van der Waals surface area contributed by atoms with Gasteiger partial charge in [-0.15, -0.1) is 0 Å². The van der Waals surface area contributed by atoms with Crippen LogP contribution in [0.5, 0.6) is 0 Å². The van der Waals surface area contributed by atoms with E-state index in [0.717, 1.165) is 77.0 Å². The number of rotatable bonds is 11. The van der Waals surface area contributed by atoms with Gasteiger partial charge < -0.3 is 53.2 Å². The molecular formula is C41H62O16. The highest BCUT2D eigenvalue weighted by Crippen LogP contribution is 2.57. The molecule has 0 spiro atoms. The zero-order valence-corrected chi connectivity index (χ0v) is 33.8. The van der Waals surface area contributed by atoms with E-state index in [2.05, 4.69) is 34.6 Å². The third-order valence-electron chi connectivity index (χ3n) is 12.7. The molecule has 0 saturated carbocycles. The van der Waals surface area contributed by atoms with Crippen LogP contribution in [-0.2, 0) is 61.9 Å². The smallest absolute Gasteiger partial charge is 0.373 e. The maximum absolute atomic E-state index is 12.1. The minimum atomic E-state index is -1.77. The summed E-state index contributed by atoms with van der Waals surface area (Å²) in [6.07, 6.45) is 10.1. The highest BCUT2D eigenvalue weighted by Gasteiger charge is 2.78. The summed E-state index contributed by atoms with van der Waals surface area (Å²) in [7, 11) is 0. The molecule has 6 bridgehead atoms. The van der Waals surface area contributed by atoms with Crippen LogP contribution < -0.4 is 0 Å². The van der Waals surface area contributed by atoms with Gasteiger partial charge in [0.25, 0.3) is 0 Å². The molecule has 0 aromatic heterocycles. The van der Waals surface area contributed by atoms with Crippen molar-refractivity contribution in [3.8, 4) is 0 Å². The highest BCUT2D eigenvalue weighted by molar-refractivity contribution is 5.90. The predicted molar refractivity (Wildman–Crippen MR) is 193 cm³/mol. The van der Waals surface area contributed by atoms with Crippen LogP contribution in [0.2, 0.25) is 0 Å². The van der Waals surface area contributed by atoms with Gasteiger partial charge >= 0.3 is 12.3 Å². The van der Waals surface area contributed by atoms with Crippen molar-refractivity contribution in [2.45, 2.75) is 222 Å². The van der Waals surface area contributed by atoms with E-state index in [1.165, 1.54) is 6.08 Å². The Bertz CT molecular complexity index is 1420. The molecule has 3 N–H and O–H groups in total. The third kappa shape index (κ3) is 9.33. The molecule has 9 heterocycles. The van der Waals surface area contributed by atoms with E-state index in [4.69, 9.17) is 57.1 Å². The van der Waals surface area contributed by atoms with E-state index >= 15 is 0 Å². The normalized spacial score (nSPS) is 44.8. The number of carbonyl (C=O) groups excluding carboxylic acids is 5. The molecule has 9 aliphatic heterocycles. The second-order valence-corrected chi connectivity index (χ2v) is 16.3. The van der Waals surface area contributed by atoms with Crippen molar-refractivity contribution in [3.05, 3.63) is 11.8 Å². The van der Waals surface area contributed by atoms with Gasteiger partial charge in [-0.1, -0.05) is 60.3 Å². The van der Waals surface area contributed by atoms with Crippen molar-refractivity contribution >= 4 is 18.1 Å². The summed E-state index contributed by atoms with van der Waals surface area (Å²) >= 11 is 0. The predicted octanol–water partition coefficient (Wildman–Crippen LogP) is 3.21. The Labute approximate surface area is 334 Å². The van der Waals surface area contributed by atoms with E-state index in [9.17, 15) is 20.1 Å². The Balaban J connectivity index is 0.000000192. The minimum absolute atomic E-state index is 0.00626. The molecule has 0 aromatic rings. The summed E-state index contributed by atoms with van der Waals surface area (Å²) in [6, 6.07) is 0. The maximum atomic E-state index is 12.1. The van der Waals surface area contributed by atoms with Crippen LogP contribution in [0.1, 0.15) is 125 Å². The lowest BCUT2D eigenvalue weighted by Crippen LogP contribution is -2.62. The number of hydrogen-bond donors (Lipinski definition) is 3. The van der Waals surface area contributed by atoms with Gasteiger partial charge in [0.15, 0.2) is 11.9 Å². The van der Waals surface area contributed by atoms with Gasteiger partial charge in [0, 0.05) is 24.8 Å². The van der Waals surface area contributed by atoms with Crippen molar-refractivity contribution in [3.63, 3.8) is 0 Å². The fraction of sp³-hybridized carbons (Fsp3) is 0.878. The highest BCUT2D eigenvalue weighted by atomic mass is 16.8. The Kier molecular flexibility index (Phi) is 16.2. The standard InChI is InChI=1S/C20H32O5.C19H30O7.2CO2/c1-4-6-7-8-13(21)11-16-17(22)20-19(25-16)12(3)18-15(24-20)10-9-14(5-2)23-18;1-3-5-6-9-18-17(20)19(21)16(26-18)15-14(25-19)13(24-18)12-11(23-15)8-7-10(4-2)22-12;2*2-1-3/h11-12,14-15,17-20,22H,4-10H2,1-3H3;10-17,20-21H,3-9H2,1-2H3;;/b16-11-;;;/t12-,14-,15-,17-,18+,19-,20?;10-,11-,12-,13-,14-,15?,16-,17+,18+,19+;;/m00../s1. The molecule has 16 heteroatoms. The average molecular weight is 811 g/mol. The van der Waals surface area contributed by atoms with Gasteiger partial charge in [0.1, 0.15) is 54.6 Å². The molecule has 0 amide bonds. The third-order valence-corrected chi connectivity index (χ3v) is 12.7. The van der Waals surface area contributed by atoms with Crippen LogP contribution in [-0.4, -0.2) is 130 Å². The number of aliphatic hydroxyl groups is 3. The fourth-order valence-electron chi connectivity index (χ4n) is 9.76. The van der Waals surface area contributed by atoms with Crippen LogP contribution in [0.25, 0.3) is 0 Å². The van der Waals surface area contributed by atoms with Crippen LogP contribution in [0.4, 0.5) is 0 Å². The largest absolute Gasteiger partial charge is 0.489 e. The Morgan fingerprint density at radius 2 is 1.26 bits per heavy atom. The zero-order chi connectivity index (χ0) is 41.5. The molecule has 9 fully saturated rings. The first-order valence-electron chi connectivity index (χ1n) is 21.0. The van der Waals surface area contributed by atoms with E-state index in [1.807, 2.05) is 0 Å². The Hall–Kier alpha value is -2.43. The summed E-state index contributed by atoms with van der Waals surface area (Å²) in [5.74, 6) is -2.49. The number of ether oxygens (including phenoxy) is 8. The Morgan fingerprint density at radius 1 is 0.702 bits per heavy atom. The Morgan fingerprint density at radius 3 is 1.88 bits per heavy atom. The number of unbranched alkanes of at least 4 members (excludes halogenated alkanes) is 4. The van der Waals surface area contributed by atoms with Gasteiger partial charge in [-0.3, -0.25) is 4.79 Å². The molecule has 16 nitrogen and oxygen atoms in total. The second-order valence-electron chi connectivity index (χ2n) is 16.3. The van der Waals surface area contributed by atoms with Gasteiger partial charge in [-0.2, -0.15) is 19.2 Å². The average Bonchev–Trinajstić information content (AvgIpc) is 3.69. The number of aliphatic hydroxyl groups excluding tert-OH is 2. The van der Waals surface area contributed by atoms with E-state index < -0.39 is 54.3 Å². The minimum Gasteiger partial charge on any atom is -0.489 e. The topological polar surface area (TPSA) is 220 Å². The first-order valence-corrected chi connectivity index (χ1v) is 21.0. The second kappa shape index (κ2) is 20.2. The van der Waals surface area contributed by atoms with E-state index in [1.54, 1.807) is 0 Å².